The Morgan fingerprint density at radius 1 is 1.10 bits per heavy atom. The van der Waals surface area contributed by atoms with Crippen LogP contribution in [0.5, 0.6) is 0 Å². The van der Waals surface area contributed by atoms with Gasteiger partial charge in [0.05, 0.1) is 12.1 Å². The Kier molecular flexibility index (Phi) is 6.49. The molecule has 0 radical (unpaired) electrons. The highest BCUT2D eigenvalue weighted by Gasteiger charge is 2.24. The van der Waals surface area contributed by atoms with Gasteiger partial charge < -0.3 is 19.9 Å². The van der Waals surface area contributed by atoms with Crippen molar-refractivity contribution in [2.24, 2.45) is 0 Å². The fourth-order valence-corrected chi connectivity index (χ4v) is 3.09. The number of aromatic amines is 1. The number of likely N-dealkylation sites (N-methyl/N-ethyl adjacent to an activating group) is 1. The van der Waals surface area contributed by atoms with E-state index in [0.717, 1.165) is 11.6 Å². The number of esters is 1. The molecule has 3 rings (SSSR count). The molecule has 3 aromatic rings. The summed E-state index contributed by atoms with van der Waals surface area (Å²) >= 11 is 0. The van der Waals surface area contributed by atoms with E-state index in [1.54, 1.807) is 36.4 Å². The number of rotatable bonds is 6. The molecule has 0 aliphatic heterocycles. The van der Waals surface area contributed by atoms with Crippen molar-refractivity contribution in [3.05, 3.63) is 76.1 Å². The van der Waals surface area contributed by atoms with Gasteiger partial charge in [0.25, 0.3) is 5.91 Å². The van der Waals surface area contributed by atoms with Gasteiger partial charge in [-0.05, 0) is 32.0 Å². The lowest BCUT2D eigenvalue weighted by Gasteiger charge is -2.21. The Labute approximate surface area is 178 Å². The number of pyridine rings is 1. The third-order valence-electron chi connectivity index (χ3n) is 4.69. The summed E-state index contributed by atoms with van der Waals surface area (Å²) in [6.45, 7) is 3.15. The van der Waals surface area contributed by atoms with Crippen molar-refractivity contribution in [2.75, 3.05) is 18.9 Å². The van der Waals surface area contributed by atoms with E-state index < -0.39 is 23.5 Å². The maximum absolute atomic E-state index is 12.6. The van der Waals surface area contributed by atoms with Crippen molar-refractivity contribution in [3.63, 3.8) is 0 Å². The molecule has 0 aliphatic rings. The van der Waals surface area contributed by atoms with Crippen LogP contribution in [0.2, 0.25) is 0 Å². The van der Waals surface area contributed by atoms with Gasteiger partial charge in [0.1, 0.15) is 0 Å². The summed E-state index contributed by atoms with van der Waals surface area (Å²) in [6.07, 6.45) is -1.14. The zero-order valence-electron chi connectivity index (χ0n) is 17.5. The largest absolute Gasteiger partial charge is 0.449 e. The second kappa shape index (κ2) is 9.25. The van der Waals surface area contributed by atoms with Gasteiger partial charge in [-0.2, -0.15) is 0 Å². The Bertz CT molecular complexity index is 1180. The number of para-hydroxylation sites is 1. The van der Waals surface area contributed by atoms with Gasteiger partial charge in [0.2, 0.25) is 11.5 Å². The van der Waals surface area contributed by atoms with Crippen molar-refractivity contribution in [1.29, 1.82) is 0 Å². The molecule has 8 heteroatoms. The minimum atomic E-state index is -1.14. The number of H-pyrrole nitrogens is 1. The highest BCUT2D eigenvalue weighted by molar-refractivity contribution is 6.04. The number of fused-ring (bicyclic) bond motifs is 1. The minimum absolute atomic E-state index is 0.0683. The Morgan fingerprint density at radius 2 is 1.77 bits per heavy atom. The molecule has 0 unspecified atom stereocenters. The van der Waals surface area contributed by atoms with Crippen LogP contribution in [0.4, 0.5) is 5.69 Å². The smallest absolute Gasteiger partial charge is 0.339 e. The van der Waals surface area contributed by atoms with Crippen molar-refractivity contribution in [1.82, 2.24) is 9.88 Å². The Morgan fingerprint density at radius 3 is 2.48 bits per heavy atom. The number of carbonyl (C=O) groups excluding carboxylic acids is 3. The van der Waals surface area contributed by atoms with Crippen molar-refractivity contribution < 1.29 is 19.1 Å². The molecule has 8 nitrogen and oxygen atoms in total. The van der Waals surface area contributed by atoms with Crippen LogP contribution in [-0.2, 0) is 14.3 Å². The zero-order chi connectivity index (χ0) is 22.5. The lowest BCUT2D eigenvalue weighted by atomic mass is 10.1. The quantitative estimate of drug-likeness (QED) is 0.595. The predicted molar refractivity (Wildman–Crippen MR) is 117 cm³/mol. The number of hydrogen-bond acceptors (Lipinski definition) is 5. The molecule has 0 saturated heterocycles. The molecule has 1 atom stereocenters. The van der Waals surface area contributed by atoms with E-state index in [2.05, 4.69) is 10.3 Å². The summed E-state index contributed by atoms with van der Waals surface area (Å²) in [4.78, 5) is 53.1. The molecule has 2 N–H and O–H groups in total. The van der Waals surface area contributed by atoms with Crippen LogP contribution < -0.4 is 10.9 Å². The normalized spacial score (nSPS) is 11.6. The highest BCUT2D eigenvalue weighted by Crippen LogP contribution is 2.16. The van der Waals surface area contributed by atoms with Gasteiger partial charge in [-0.15, -0.1) is 0 Å². The first-order chi connectivity index (χ1) is 14.7. The zero-order valence-corrected chi connectivity index (χ0v) is 17.5. The van der Waals surface area contributed by atoms with Crippen molar-refractivity contribution >= 4 is 34.4 Å². The third-order valence-corrected chi connectivity index (χ3v) is 4.69. The highest BCUT2D eigenvalue weighted by atomic mass is 16.5. The van der Waals surface area contributed by atoms with Crippen molar-refractivity contribution in [2.45, 2.75) is 20.0 Å². The SMILES string of the molecule is Cc1ccc(NC(=O)CN(C)C(=O)[C@@H](C)OC(=O)c2cc(=O)[nH]c3ccccc23)cc1. The van der Waals surface area contributed by atoms with E-state index >= 15 is 0 Å². The van der Waals surface area contributed by atoms with E-state index in [0.29, 0.717) is 16.6 Å². The Hall–Kier alpha value is -3.94. The summed E-state index contributed by atoms with van der Waals surface area (Å²) < 4.78 is 5.28. The molecule has 31 heavy (non-hydrogen) atoms. The van der Waals surface area contributed by atoms with E-state index in [-0.39, 0.29) is 18.0 Å². The third kappa shape index (κ3) is 5.36. The molecule has 0 fully saturated rings. The summed E-state index contributed by atoms with van der Waals surface area (Å²) in [5, 5.41) is 3.22. The van der Waals surface area contributed by atoms with Crippen molar-refractivity contribution in [3.8, 4) is 0 Å². The lowest BCUT2D eigenvalue weighted by Crippen LogP contribution is -2.41. The second-order valence-electron chi connectivity index (χ2n) is 7.25. The number of ether oxygens (including phenoxy) is 1. The fourth-order valence-electron chi connectivity index (χ4n) is 3.09. The molecule has 0 spiro atoms. The molecular weight excluding hydrogens is 398 g/mol. The van der Waals surface area contributed by atoms with Gasteiger partial charge in [-0.3, -0.25) is 14.4 Å². The van der Waals surface area contributed by atoms with Crippen LogP contribution in [0.3, 0.4) is 0 Å². The van der Waals surface area contributed by atoms with Gasteiger partial charge >= 0.3 is 5.97 Å². The van der Waals surface area contributed by atoms with Gasteiger partial charge in [0, 0.05) is 29.7 Å². The number of nitrogens with one attached hydrogen (secondary N) is 2. The van der Waals surface area contributed by atoms with Crippen LogP contribution in [0.1, 0.15) is 22.8 Å². The van der Waals surface area contributed by atoms with E-state index in [9.17, 15) is 19.2 Å². The number of nitrogens with zero attached hydrogens (tertiary/aromatic N) is 1. The molecule has 1 heterocycles. The average Bonchev–Trinajstić information content (AvgIpc) is 2.73. The number of anilines is 1. The summed E-state index contributed by atoms with van der Waals surface area (Å²) in [6, 6.07) is 15.2. The minimum Gasteiger partial charge on any atom is -0.449 e. The van der Waals surface area contributed by atoms with E-state index in [4.69, 9.17) is 4.74 Å². The molecular formula is C23H23N3O5. The van der Waals surface area contributed by atoms with E-state index in [1.165, 1.54) is 18.9 Å². The van der Waals surface area contributed by atoms with Crippen LogP contribution in [0.25, 0.3) is 10.9 Å². The number of amides is 2. The molecule has 1 aromatic heterocycles. The topological polar surface area (TPSA) is 109 Å². The first-order valence-electron chi connectivity index (χ1n) is 9.69. The number of aryl methyl sites for hydroxylation is 1. The number of carbonyl (C=O) groups is 3. The van der Waals surface area contributed by atoms with Crippen LogP contribution in [0, 0.1) is 6.92 Å². The molecule has 0 aliphatic carbocycles. The van der Waals surface area contributed by atoms with Crippen LogP contribution in [0.15, 0.2) is 59.4 Å². The first-order valence-corrected chi connectivity index (χ1v) is 9.69. The second-order valence-corrected chi connectivity index (χ2v) is 7.25. The molecule has 160 valence electrons. The van der Waals surface area contributed by atoms with Gasteiger partial charge in [0.15, 0.2) is 6.10 Å². The van der Waals surface area contributed by atoms with E-state index in [1.807, 2.05) is 19.1 Å². The molecule has 0 bridgehead atoms. The lowest BCUT2D eigenvalue weighted by molar-refractivity contribution is -0.140. The van der Waals surface area contributed by atoms with Gasteiger partial charge in [-0.1, -0.05) is 35.9 Å². The predicted octanol–water partition coefficient (Wildman–Crippen LogP) is 2.48. The number of hydrogen-bond donors (Lipinski definition) is 2. The molecule has 2 aromatic carbocycles. The maximum atomic E-state index is 12.6. The number of aromatic nitrogens is 1. The first kappa shape index (κ1) is 21.8. The maximum Gasteiger partial charge on any atom is 0.339 e. The van der Waals surface area contributed by atoms with Crippen LogP contribution >= 0.6 is 0 Å². The average molecular weight is 421 g/mol. The monoisotopic (exact) mass is 421 g/mol. The molecule has 0 saturated carbocycles. The summed E-state index contributed by atoms with van der Waals surface area (Å²) in [5.74, 6) is -1.71. The van der Waals surface area contributed by atoms with Crippen LogP contribution in [-0.4, -0.2) is 47.4 Å². The van der Waals surface area contributed by atoms with Gasteiger partial charge in [-0.25, -0.2) is 4.79 Å². The summed E-state index contributed by atoms with van der Waals surface area (Å²) in [7, 11) is 1.45. The standard InChI is InChI=1S/C23H23N3O5/c1-14-8-10-16(11-9-14)24-21(28)13-26(3)22(29)15(2)31-23(30)18-12-20(27)25-19-7-5-4-6-17(18)19/h4-12,15H,13H2,1-3H3,(H,24,28)(H,25,27)/t15-/m1/s1. The molecule has 2 amide bonds. The number of benzene rings is 2. The summed E-state index contributed by atoms with van der Waals surface area (Å²) in [5.41, 5.74) is 1.80. The fraction of sp³-hybridized carbons (Fsp3) is 0.217. The Balaban J connectivity index is 1.63.